The minimum atomic E-state index is -0.0928. The van der Waals surface area contributed by atoms with Crippen LogP contribution < -0.4 is 0 Å². The van der Waals surface area contributed by atoms with Crippen LogP contribution in [0, 0.1) is 6.92 Å². The van der Waals surface area contributed by atoms with Gasteiger partial charge in [0, 0.05) is 22.8 Å². The van der Waals surface area contributed by atoms with E-state index in [1.807, 2.05) is 6.92 Å². The van der Waals surface area contributed by atoms with Gasteiger partial charge in [-0.05, 0) is 20.3 Å². The third kappa shape index (κ3) is 3.41. The van der Waals surface area contributed by atoms with Crippen LogP contribution in [-0.4, -0.2) is 27.9 Å². The number of rotatable bonds is 2. The average molecular weight is 301 g/mol. The van der Waals surface area contributed by atoms with Gasteiger partial charge in [-0.3, -0.25) is 0 Å². The van der Waals surface area contributed by atoms with Crippen molar-refractivity contribution >= 4 is 23.4 Å². The molecule has 1 saturated heterocycles. The zero-order valence-electron chi connectivity index (χ0n) is 12.2. The maximum absolute atomic E-state index is 6.25. The molecule has 0 saturated carbocycles. The van der Waals surface area contributed by atoms with Crippen LogP contribution in [0.2, 0.25) is 5.15 Å². The zero-order chi connectivity index (χ0) is 14.2. The van der Waals surface area contributed by atoms with E-state index in [1.54, 1.807) is 11.8 Å². The average Bonchev–Trinajstić information content (AvgIpc) is 2.69. The number of aromatic nitrogens is 2. The molecule has 1 fully saturated rings. The molecule has 1 aliphatic rings. The molecule has 2 atom stereocenters. The predicted octanol–water partition coefficient (Wildman–Crippen LogP) is 4.01. The smallest absolute Gasteiger partial charge is 0.136 e. The van der Waals surface area contributed by atoms with E-state index in [0.717, 1.165) is 29.4 Å². The standard InChI is InChI=1S/C14H21ClN2OS/c1-8-11(15)16-13(14(3,4)5)17-12(8)19-10-6-7-18-9(10)2/h9-10H,6-7H2,1-5H3. The summed E-state index contributed by atoms with van der Waals surface area (Å²) in [6.07, 6.45) is 1.34. The van der Waals surface area contributed by atoms with E-state index in [9.17, 15) is 0 Å². The number of hydrogen-bond donors (Lipinski definition) is 0. The minimum absolute atomic E-state index is 0.0928. The second-order valence-corrected chi connectivity index (χ2v) is 7.62. The molecule has 0 bridgehead atoms. The highest BCUT2D eigenvalue weighted by molar-refractivity contribution is 8.00. The Bertz CT molecular complexity index is 473. The predicted molar refractivity (Wildman–Crippen MR) is 80.2 cm³/mol. The van der Waals surface area contributed by atoms with E-state index in [0.29, 0.717) is 10.4 Å². The van der Waals surface area contributed by atoms with Crippen molar-refractivity contribution < 1.29 is 4.74 Å². The van der Waals surface area contributed by atoms with Crippen LogP contribution in [0.3, 0.4) is 0 Å². The Kier molecular flexibility index (Phi) is 4.43. The van der Waals surface area contributed by atoms with Crippen molar-refractivity contribution in [2.75, 3.05) is 6.61 Å². The molecule has 2 unspecified atom stereocenters. The maximum Gasteiger partial charge on any atom is 0.136 e. The number of nitrogens with zero attached hydrogens (tertiary/aromatic N) is 2. The Balaban J connectivity index is 2.31. The highest BCUT2D eigenvalue weighted by Crippen LogP contribution is 2.35. The summed E-state index contributed by atoms with van der Waals surface area (Å²) < 4.78 is 5.61. The summed E-state index contributed by atoms with van der Waals surface area (Å²) in [7, 11) is 0. The molecule has 3 nitrogen and oxygen atoms in total. The first kappa shape index (κ1) is 15.1. The van der Waals surface area contributed by atoms with E-state index >= 15 is 0 Å². The third-order valence-electron chi connectivity index (χ3n) is 3.28. The molecule has 5 heteroatoms. The number of hydrogen-bond acceptors (Lipinski definition) is 4. The summed E-state index contributed by atoms with van der Waals surface area (Å²) >= 11 is 8.02. The Labute approximate surface area is 124 Å². The van der Waals surface area contributed by atoms with Crippen molar-refractivity contribution in [2.45, 2.75) is 62.8 Å². The van der Waals surface area contributed by atoms with Crippen molar-refractivity contribution in [3.63, 3.8) is 0 Å². The van der Waals surface area contributed by atoms with Gasteiger partial charge >= 0.3 is 0 Å². The largest absolute Gasteiger partial charge is 0.377 e. The summed E-state index contributed by atoms with van der Waals surface area (Å²) in [5.41, 5.74) is 0.878. The van der Waals surface area contributed by atoms with Crippen LogP contribution in [0.1, 0.15) is 45.5 Å². The molecule has 19 heavy (non-hydrogen) atoms. The fraction of sp³-hybridized carbons (Fsp3) is 0.714. The summed E-state index contributed by atoms with van der Waals surface area (Å²) in [6, 6.07) is 0. The van der Waals surface area contributed by atoms with Crippen LogP contribution in [0.4, 0.5) is 0 Å². The topological polar surface area (TPSA) is 35.0 Å². The van der Waals surface area contributed by atoms with Gasteiger partial charge in [-0.25, -0.2) is 9.97 Å². The third-order valence-corrected chi connectivity index (χ3v) is 5.19. The van der Waals surface area contributed by atoms with Gasteiger partial charge in [0.1, 0.15) is 16.0 Å². The molecule has 2 rings (SSSR count). The molecule has 106 valence electrons. The van der Waals surface area contributed by atoms with Crippen molar-refractivity contribution in [1.82, 2.24) is 9.97 Å². The Morgan fingerprint density at radius 2 is 2.00 bits per heavy atom. The fourth-order valence-corrected chi connectivity index (χ4v) is 3.34. The SMILES string of the molecule is Cc1c(Cl)nc(C(C)(C)C)nc1SC1CCOC1C. The second-order valence-electron chi connectivity index (χ2n) is 6.04. The Morgan fingerprint density at radius 1 is 1.32 bits per heavy atom. The van der Waals surface area contributed by atoms with Crippen LogP contribution in [-0.2, 0) is 10.2 Å². The van der Waals surface area contributed by atoms with Crippen LogP contribution in [0.25, 0.3) is 0 Å². The molecule has 1 aliphatic heterocycles. The highest BCUT2D eigenvalue weighted by atomic mass is 35.5. The first-order chi connectivity index (χ1) is 8.79. The summed E-state index contributed by atoms with van der Waals surface area (Å²) in [5, 5.41) is 2.01. The van der Waals surface area contributed by atoms with Crippen LogP contribution in [0.15, 0.2) is 5.03 Å². The molecule has 0 aromatic carbocycles. The highest BCUT2D eigenvalue weighted by Gasteiger charge is 2.28. The lowest BCUT2D eigenvalue weighted by Crippen LogP contribution is -2.18. The van der Waals surface area contributed by atoms with Crippen molar-refractivity contribution in [3.8, 4) is 0 Å². The molecule has 0 radical (unpaired) electrons. The van der Waals surface area contributed by atoms with E-state index in [4.69, 9.17) is 21.3 Å². The molecule has 1 aromatic rings. The molecule has 0 amide bonds. The minimum Gasteiger partial charge on any atom is -0.377 e. The van der Waals surface area contributed by atoms with E-state index in [-0.39, 0.29) is 11.5 Å². The zero-order valence-corrected chi connectivity index (χ0v) is 13.7. The lowest BCUT2D eigenvalue weighted by Gasteiger charge is -2.20. The summed E-state index contributed by atoms with van der Waals surface area (Å²) in [6.45, 7) is 11.2. The summed E-state index contributed by atoms with van der Waals surface area (Å²) in [5.74, 6) is 0.803. The monoisotopic (exact) mass is 300 g/mol. The normalized spacial score (nSPS) is 23.9. The van der Waals surface area contributed by atoms with Gasteiger partial charge in [0.25, 0.3) is 0 Å². The molecule has 0 spiro atoms. The fourth-order valence-electron chi connectivity index (χ4n) is 1.93. The van der Waals surface area contributed by atoms with Crippen molar-refractivity contribution in [1.29, 1.82) is 0 Å². The molecule has 1 aromatic heterocycles. The first-order valence-corrected chi connectivity index (χ1v) is 7.87. The van der Waals surface area contributed by atoms with Gasteiger partial charge in [0.2, 0.25) is 0 Å². The van der Waals surface area contributed by atoms with Gasteiger partial charge < -0.3 is 4.74 Å². The molecular formula is C14H21ClN2OS. The van der Waals surface area contributed by atoms with E-state index in [2.05, 4.69) is 32.7 Å². The summed E-state index contributed by atoms with van der Waals surface area (Å²) in [4.78, 5) is 9.12. The lowest BCUT2D eigenvalue weighted by molar-refractivity contribution is 0.127. The van der Waals surface area contributed by atoms with Gasteiger partial charge in [-0.2, -0.15) is 0 Å². The van der Waals surface area contributed by atoms with E-state index in [1.165, 1.54) is 0 Å². The van der Waals surface area contributed by atoms with Crippen molar-refractivity contribution in [3.05, 3.63) is 16.5 Å². The molecule has 0 aliphatic carbocycles. The second kappa shape index (κ2) is 5.58. The van der Waals surface area contributed by atoms with Crippen molar-refractivity contribution in [2.24, 2.45) is 0 Å². The first-order valence-electron chi connectivity index (χ1n) is 6.62. The quantitative estimate of drug-likeness (QED) is 0.773. The Morgan fingerprint density at radius 3 is 2.53 bits per heavy atom. The number of ether oxygens (including phenoxy) is 1. The van der Waals surface area contributed by atoms with Gasteiger partial charge in [0.15, 0.2) is 0 Å². The van der Waals surface area contributed by atoms with Gasteiger partial charge in [0.05, 0.1) is 6.10 Å². The molecule has 0 N–H and O–H groups in total. The lowest BCUT2D eigenvalue weighted by atomic mass is 9.96. The number of thioether (sulfide) groups is 1. The molecular weight excluding hydrogens is 280 g/mol. The van der Waals surface area contributed by atoms with Crippen LogP contribution >= 0.6 is 23.4 Å². The number of halogens is 1. The maximum atomic E-state index is 6.25. The van der Waals surface area contributed by atoms with Gasteiger partial charge in [-0.15, -0.1) is 0 Å². The van der Waals surface area contributed by atoms with Crippen LogP contribution in [0.5, 0.6) is 0 Å². The molecule has 2 heterocycles. The van der Waals surface area contributed by atoms with E-state index < -0.39 is 0 Å². The Hall–Kier alpha value is -0.320. The van der Waals surface area contributed by atoms with Gasteiger partial charge in [-0.1, -0.05) is 44.1 Å².